The largest absolute Gasteiger partial charge is 0.447 e. The van der Waals surface area contributed by atoms with Crippen molar-refractivity contribution in [2.24, 2.45) is 0 Å². The fraction of sp³-hybridized carbons (Fsp3) is 0.294. The second kappa shape index (κ2) is 9.64. The third-order valence-corrected chi connectivity index (χ3v) is 3.87. The SMILES string of the molecule is CCONC(=O)c1ccsc1NC(=O)c1ccnc(NC(=O)OC(C)C)c1. The van der Waals surface area contributed by atoms with Crippen molar-refractivity contribution >= 4 is 40.1 Å². The van der Waals surface area contributed by atoms with Crippen LogP contribution >= 0.6 is 11.3 Å². The van der Waals surface area contributed by atoms with E-state index < -0.39 is 17.9 Å². The first kappa shape index (κ1) is 20.3. The van der Waals surface area contributed by atoms with Gasteiger partial charge in [-0.2, -0.15) is 0 Å². The van der Waals surface area contributed by atoms with Gasteiger partial charge in [0.1, 0.15) is 10.8 Å². The van der Waals surface area contributed by atoms with Gasteiger partial charge in [-0.15, -0.1) is 11.3 Å². The highest BCUT2D eigenvalue weighted by Crippen LogP contribution is 2.24. The normalized spacial score (nSPS) is 10.4. The summed E-state index contributed by atoms with van der Waals surface area (Å²) < 4.78 is 4.97. The summed E-state index contributed by atoms with van der Waals surface area (Å²) in [4.78, 5) is 45.0. The fourth-order valence-corrected chi connectivity index (χ4v) is 2.72. The highest BCUT2D eigenvalue weighted by molar-refractivity contribution is 7.14. The van der Waals surface area contributed by atoms with Crippen LogP contribution in [0, 0.1) is 0 Å². The fourth-order valence-electron chi connectivity index (χ4n) is 1.94. The number of hydrogen-bond acceptors (Lipinski definition) is 7. The number of hydroxylamine groups is 1. The van der Waals surface area contributed by atoms with Gasteiger partial charge in [-0.05, 0) is 44.4 Å². The number of nitrogens with zero attached hydrogens (tertiary/aromatic N) is 1. The summed E-state index contributed by atoms with van der Waals surface area (Å²) in [5.41, 5.74) is 2.82. The van der Waals surface area contributed by atoms with Gasteiger partial charge < -0.3 is 10.1 Å². The Morgan fingerprint density at radius 2 is 1.96 bits per heavy atom. The maximum absolute atomic E-state index is 12.5. The van der Waals surface area contributed by atoms with Crippen LogP contribution in [-0.2, 0) is 9.57 Å². The molecule has 2 aromatic heterocycles. The molecule has 27 heavy (non-hydrogen) atoms. The second-order valence-electron chi connectivity index (χ2n) is 5.49. The van der Waals surface area contributed by atoms with Gasteiger partial charge in [0.15, 0.2) is 0 Å². The van der Waals surface area contributed by atoms with Gasteiger partial charge in [-0.3, -0.25) is 19.7 Å². The highest BCUT2D eigenvalue weighted by atomic mass is 32.1. The molecule has 9 nitrogen and oxygen atoms in total. The number of ether oxygens (including phenoxy) is 1. The average molecular weight is 392 g/mol. The first-order valence-corrected chi connectivity index (χ1v) is 9.03. The van der Waals surface area contributed by atoms with E-state index in [-0.39, 0.29) is 23.0 Å². The predicted molar refractivity (Wildman–Crippen MR) is 101 cm³/mol. The molecular weight excluding hydrogens is 372 g/mol. The van der Waals surface area contributed by atoms with Crippen molar-refractivity contribution in [1.29, 1.82) is 0 Å². The minimum atomic E-state index is -0.664. The number of thiophene rings is 1. The average Bonchev–Trinajstić information content (AvgIpc) is 3.07. The molecule has 0 bridgehead atoms. The number of anilines is 2. The summed E-state index contributed by atoms with van der Waals surface area (Å²) in [5.74, 6) is -0.735. The number of carbonyl (C=O) groups is 3. The summed E-state index contributed by atoms with van der Waals surface area (Å²) in [6, 6.07) is 4.47. The lowest BCUT2D eigenvalue weighted by atomic mass is 10.2. The Kier molecular flexibility index (Phi) is 7.26. The predicted octanol–water partition coefficient (Wildman–Crippen LogP) is 3.03. The smallest absolute Gasteiger partial charge is 0.413 e. The molecule has 2 rings (SSSR count). The van der Waals surface area contributed by atoms with E-state index in [9.17, 15) is 14.4 Å². The van der Waals surface area contributed by atoms with Crippen molar-refractivity contribution in [2.75, 3.05) is 17.2 Å². The van der Waals surface area contributed by atoms with Crippen LogP contribution in [0.3, 0.4) is 0 Å². The van der Waals surface area contributed by atoms with Crippen LogP contribution in [0.25, 0.3) is 0 Å². The quantitative estimate of drug-likeness (QED) is 0.623. The zero-order valence-corrected chi connectivity index (χ0v) is 15.9. The molecule has 0 aliphatic carbocycles. The van der Waals surface area contributed by atoms with E-state index in [4.69, 9.17) is 9.57 Å². The van der Waals surface area contributed by atoms with Crippen LogP contribution in [-0.4, -0.2) is 35.6 Å². The molecule has 0 aliphatic heterocycles. The second-order valence-corrected chi connectivity index (χ2v) is 6.41. The van der Waals surface area contributed by atoms with Gasteiger partial charge in [0.25, 0.3) is 11.8 Å². The zero-order chi connectivity index (χ0) is 19.8. The summed E-state index contributed by atoms with van der Waals surface area (Å²) in [6.07, 6.45) is 0.441. The summed E-state index contributed by atoms with van der Waals surface area (Å²) >= 11 is 1.20. The van der Waals surface area contributed by atoms with E-state index in [1.807, 2.05) is 0 Å². The van der Waals surface area contributed by atoms with Gasteiger partial charge in [0, 0.05) is 11.8 Å². The number of carbonyl (C=O) groups excluding carboxylic acids is 3. The van der Waals surface area contributed by atoms with Crippen molar-refractivity contribution < 1.29 is 24.0 Å². The third-order valence-electron chi connectivity index (χ3n) is 3.04. The molecule has 0 atom stereocenters. The molecule has 3 N–H and O–H groups in total. The molecule has 10 heteroatoms. The van der Waals surface area contributed by atoms with Crippen LogP contribution < -0.4 is 16.1 Å². The zero-order valence-electron chi connectivity index (χ0n) is 15.1. The van der Waals surface area contributed by atoms with Gasteiger partial charge in [0.2, 0.25) is 0 Å². The van der Waals surface area contributed by atoms with Crippen molar-refractivity contribution in [3.05, 3.63) is 40.9 Å². The van der Waals surface area contributed by atoms with Crippen LogP contribution in [0.5, 0.6) is 0 Å². The Hall–Kier alpha value is -2.98. The molecule has 0 saturated carbocycles. The molecule has 0 aliphatic rings. The summed E-state index contributed by atoms with van der Waals surface area (Å²) in [5, 5.41) is 7.17. The van der Waals surface area contributed by atoms with E-state index in [0.717, 1.165) is 0 Å². The lowest BCUT2D eigenvalue weighted by Crippen LogP contribution is -2.24. The van der Waals surface area contributed by atoms with Crippen LogP contribution in [0.15, 0.2) is 29.8 Å². The third kappa shape index (κ3) is 6.04. The first-order chi connectivity index (χ1) is 12.9. The summed E-state index contributed by atoms with van der Waals surface area (Å²) in [6.45, 7) is 5.50. The molecule has 0 aromatic carbocycles. The minimum Gasteiger partial charge on any atom is -0.447 e. The minimum absolute atomic E-state index is 0.175. The van der Waals surface area contributed by atoms with Crippen molar-refractivity contribution in [3.8, 4) is 0 Å². The maximum atomic E-state index is 12.5. The monoisotopic (exact) mass is 392 g/mol. The van der Waals surface area contributed by atoms with Gasteiger partial charge in [-0.1, -0.05) is 0 Å². The molecule has 2 aromatic rings. The molecule has 0 saturated heterocycles. The Balaban J connectivity index is 2.07. The Morgan fingerprint density at radius 1 is 1.19 bits per heavy atom. The van der Waals surface area contributed by atoms with Gasteiger partial charge >= 0.3 is 6.09 Å². The molecule has 0 radical (unpaired) electrons. The van der Waals surface area contributed by atoms with Crippen LogP contribution in [0.2, 0.25) is 0 Å². The molecular formula is C17H20N4O5S. The summed E-state index contributed by atoms with van der Waals surface area (Å²) in [7, 11) is 0. The number of hydrogen-bond donors (Lipinski definition) is 3. The van der Waals surface area contributed by atoms with E-state index in [1.165, 1.54) is 29.7 Å². The van der Waals surface area contributed by atoms with E-state index in [2.05, 4.69) is 21.1 Å². The topological polar surface area (TPSA) is 119 Å². The Bertz CT molecular complexity index is 821. The molecule has 2 heterocycles. The Morgan fingerprint density at radius 3 is 2.67 bits per heavy atom. The molecule has 144 valence electrons. The number of pyridine rings is 1. The van der Waals surface area contributed by atoms with Crippen molar-refractivity contribution in [1.82, 2.24) is 10.5 Å². The standard InChI is InChI=1S/C17H20N4O5S/c1-4-25-21-15(23)12-6-8-27-16(12)20-14(22)11-5-7-18-13(9-11)19-17(24)26-10(2)3/h5-10H,4H2,1-3H3,(H,20,22)(H,21,23)(H,18,19,24). The van der Waals surface area contributed by atoms with E-state index in [1.54, 1.807) is 32.2 Å². The molecule has 0 unspecified atom stereocenters. The Labute approximate surface area is 160 Å². The van der Waals surface area contributed by atoms with Crippen LogP contribution in [0.4, 0.5) is 15.6 Å². The molecule has 0 fully saturated rings. The number of rotatable bonds is 7. The van der Waals surface area contributed by atoms with Crippen LogP contribution in [0.1, 0.15) is 41.5 Å². The highest BCUT2D eigenvalue weighted by Gasteiger charge is 2.17. The van der Waals surface area contributed by atoms with E-state index >= 15 is 0 Å². The lowest BCUT2D eigenvalue weighted by molar-refractivity contribution is 0.0365. The lowest BCUT2D eigenvalue weighted by Gasteiger charge is -2.10. The van der Waals surface area contributed by atoms with Gasteiger partial charge in [0.05, 0.1) is 18.3 Å². The van der Waals surface area contributed by atoms with E-state index in [0.29, 0.717) is 11.6 Å². The number of nitrogens with one attached hydrogen (secondary N) is 3. The first-order valence-electron chi connectivity index (χ1n) is 8.15. The maximum Gasteiger partial charge on any atom is 0.413 e. The number of aromatic nitrogens is 1. The molecule has 0 spiro atoms. The van der Waals surface area contributed by atoms with Gasteiger partial charge in [-0.25, -0.2) is 15.3 Å². The van der Waals surface area contributed by atoms with Crippen molar-refractivity contribution in [3.63, 3.8) is 0 Å². The van der Waals surface area contributed by atoms with Crippen molar-refractivity contribution in [2.45, 2.75) is 26.9 Å². The number of amides is 3. The molecule has 3 amide bonds.